The van der Waals surface area contributed by atoms with Crippen LogP contribution < -0.4 is 20.3 Å². The van der Waals surface area contributed by atoms with Crippen LogP contribution in [0.4, 0.5) is 10.6 Å². The minimum absolute atomic E-state index is 0.137. The number of amides is 2. The molecule has 1 aliphatic heterocycles. The zero-order valence-electron chi connectivity index (χ0n) is 16.9. The van der Waals surface area contributed by atoms with Crippen LogP contribution >= 0.6 is 0 Å². The van der Waals surface area contributed by atoms with Crippen LogP contribution in [-0.4, -0.2) is 52.8 Å². The van der Waals surface area contributed by atoms with Gasteiger partial charge in [-0.1, -0.05) is 30.3 Å². The average molecular weight is 434 g/mol. The van der Waals surface area contributed by atoms with Gasteiger partial charge >= 0.3 is 6.03 Å². The van der Waals surface area contributed by atoms with E-state index < -0.39 is 10.0 Å². The summed E-state index contributed by atoms with van der Waals surface area (Å²) >= 11 is 0. The molecular weight excluding hydrogens is 406 g/mol. The number of morpholine rings is 1. The molecule has 1 aromatic heterocycles. The first kappa shape index (κ1) is 22.0. The predicted octanol–water partition coefficient (Wildman–Crippen LogP) is 0.967. The number of nitrogens with one attached hydrogen (secondary N) is 3. The van der Waals surface area contributed by atoms with Crippen molar-refractivity contribution in [1.82, 2.24) is 20.3 Å². The number of carbonyl (C=O) groups is 1. The van der Waals surface area contributed by atoms with Crippen molar-refractivity contribution in [1.29, 1.82) is 0 Å². The van der Waals surface area contributed by atoms with Crippen LogP contribution in [-0.2, 0) is 33.6 Å². The van der Waals surface area contributed by atoms with E-state index in [0.717, 1.165) is 30.0 Å². The molecule has 1 saturated heterocycles. The molecule has 2 amide bonds. The summed E-state index contributed by atoms with van der Waals surface area (Å²) in [6, 6.07) is 10.6. The van der Waals surface area contributed by atoms with Gasteiger partial charge in [0.25, 0.3) is 0 Å². The van der Waals surface area contributed by atoms with Gasteiger partial charge in [0, 0.05) is 37.9 Å². The molecule has 1 fully saturated rings. The van der Waals surface area contributed by atoms with Crippen LogP contribution in [0.1, 0.15) is 16.7 Å². The molecule has 9 nitrogen and oxygen atoms in total. The lowest BCUT2D eigenvalue weighted by molar-refractivity contribution is 0.122. The van der Waals surface area contributed by atoms with Crippen molar-refractivity contribution in [3.05, 3.63) is 59.3 Å². The Morgan fingerprint density at radius 2 is 1.67 bits per heavy atom. The van der Waals surface area contributed by atoms with Crippen molar-refractivity contribution < 1.29 is 17.9 Å². The van der Waals surface area contributed by atoms with Crippen molar-refractivity contribution in [2.24, 2.45) is 0 Å². The van der Waals surface area contributed by atoms with E-state index >= 15 is 0 Å². The minimum atomic E-state index is -3.39. The zero-order valence-corrected chi connectivity index (χ0v) is 17.7. The maximum atomic E-state index is 12.3. The number of carbonyl (C=O) groups excluding carboxylic acids is 1. The van der Waals surface area contributed by atoms with Gasteiger partial charge in [-0.15, -0.1) is 0 Å². The topological polar surface area (TPSA) is 113 Å². The molecule has 10 heteroatoms. The van der Waals surface area contributed by atoms with Gasteiger partial charge < -0.3 is 20.3 Å². The summed E-state index contributed by atoms with van der Waals surface area (Å²) in [6.45, 7) is 3.41. The highest BCUT2D eigenvalue weighted by Gasteiger charge is 2.16. The fourth-order valence-electron chi connectivity index (χ4n) is 3.19. The molecule has 2 aromatic rings. The number of pyridine rings is 1. The summed E-state index contributed by atoms with van der Waals surface area (Å²) in [5.41, 5.74) is 2.32. The van der Waals surface area contributed by atoms with Crippen molar-refractivity contribution in [2.75, 3.05) is 38.3 Å². The SMILES string of the molecule is CNS(=O)(=O)Cc1ccccc1CNC(=O)NCc1cccnc1N1CCOCC1. The van der Waals surface area contributed by atoms with E-state index in [4.69, 9.17) is 4.74 Å². The number of anilines is 1. The Labute approximate surface area is 176 Å². The van der Waals surface area contributed by atoms with E-state index in [0.29, 0.717) is 25.3 Å². The molecule has 0 atom stereocenters. The smallest absolute Gasteiger partial charge is 0.315 e. The van der Waals surface area contributed by atoms with Gasteiger partial charge in [-0.3, -0.25) is 0 Å². The highest BCUT2D eigenvalue weighted by Crippen LogP contribution is 2.18. The van der Waals surface area contributed by atoms with Crippen LogP contribution in [0.2, 0.25) is 0 Å². The van der Waals surface area contributed by atoms with E-state index in [1.165, 1.54) is 7.05 Å². The zero-order chi connectivity index (χ0) is 21.4. The number of nitrogens with zero attached hydrogens (tertiary/aromatic N) is 2. The fraction of sp³-hybridized carbons (Fsp3) is 0.400. The second-order valence-electron chi connectivity index (χ2n) is 6.85. The Balaban J connectivity index is 1.57. The quantitative estimate of drug-likeness (QED) is 0.572. The molecule has 1 aliphatic rings. The molecule has 0 unspecified atom stereocenters. The largest absolute Gasteiger partial charge is 0.378 e. The Morgan fingerprint density at radius 3 is 2.37 bits per heavy atom. The number of benzene rings is 1. The van der Waals surface area contributed by atoms with E-state index in [2.05, 4.69) is 25.2 Å². The summed E-state index contributed by atoms with van der Waals surface area (Å²) < 4.78 is 31.4. The molecule has 0 spiro atoms. The van der Waals surface area contributed by atoms with E-state index in [1.807, 2.05) is 18.2 Å². The van der Waals surface area contributed by atoms with E-state index in [-0.39, 0.29) is 18.3 Å². The van der Waals surface area contributed by atoms with Gasteiger partial charge in [0.2, 0.25) is 10.0 Å². The standard InChI is InChI=1S/C20H27N5O4S/c1-21-30(27,28)15-18-6-3-2-5-16(18)13-23-20(26)24-14-17-7-4-8-22-19(17)25-9-11-29-12-10-25/h2-8,21H,9-15H2,1H3,(H2,23,24,26). The van der Waals surface area contributed by atoms with Crippen LogP contribution in [0.5, 0.6) is 0 Å². The van der Waals surface area contributed by atoms with Crippen molar-refractivity contribution in [3.63, 3.8) is 0 Å². The third-order valence-electron chi connectivity index (χ3n) is 4.83. The summed E-state index contributed by atoms with van der Waals surface area (Å²) in [4.78, 5) is 18.9. The van der Waals surface area contributed by atoms with Crippen LogP contribution in [0.25, 0.3) is 0 Å². The highest BCUT2D eigenvalue weighted by atomic mass is 32.2. The molecule has 3 rings (SSSR count). The van der Waals surface area contributed by atoms with E-state index in [1.54, 1.807) is 24.4 Å². The molecule has 0 bridgehead atoms. The second-order valence-corrected chi connectivity index (χ2v) is 8.78. The van der Waals surface area contributed by atoms with Gasteiger partial charge in [-0.2, -0.15) is 0 Å². The van der Waals surface area contributed by atoms with Crippen molar-refractivity contribution in [3.8, 4) is 0 Å². The Morgan fingerprint density at radius 1 is 1.03 bits per heavy atom. The molecule has 0 radical (unpaired) electrons. The normalized spacial score (nSPS) is 14.4. The lowest BCUT2D eigenvalue weighted by atomic mass is 10.1. The van der Waals surface area contributed by atoms with Crippen molar-refractivity contribution in [2.45, 2.75) is 18.8 Å². The van der Waals surface area contributed by atoms with Crippen molar-refractivity contribution >= 4 is 21.9 Å². The number of aromatic nitrogens is 1. The summed E-state index contributed by atoms with van der Waals surface area (Å²) in [7, 11) is -2.01. The molecule has 0 aliphatic carbocycles. The first-order valence-corrected chi connectivity index (χ1v) is 11.4. The first-order valence-electron chi connectivity index (χ1n) is 9.75. The Bertz CT molecular complexity index is 961. The minimum Gasteiger partial charge on any atom is -0.378 e. The summed E-state index contributed by atoms with van der Waals surface area (Å²) in [5, 5.41) is 5.64. The lowest BCUT2D eigenvalue weighted by Gasteiger charge is -2.29. The summed E-state index contributed by atoms with van der Waals surface area (Å²) in [5.74, 6) is 0.713. The second kappa shape index (κ2) is 10.4. The van der Waals surface area contributed by atoms with E-state index in [9.17, 15) is 13.2 Å². The van der Waals surface area contributed by atoms with Gasteiger partial charge in [0.1, 0.15) is 5.82 Å². The third-order valence-corrected chi connectivity index (χ3v) is 6.14. The first-order chi connectivity index (χ1) is 14.5. The van der Waals surface area contributed by atoms with Gasteiger partial charge in [-0.05, 0) is 24.2 Å². The van der Waals surface area contributed by atoms with Gasteiger partial charge in [0.15, 0.2) is 0 Å². The molecule has 3 N–H and O–H groups in total. The third kappa shape index (κ3) is 6.15. The molecule has 30 heavy (non-hydrogen) atoms. The highest BCUT2D eigenvalue weighted by molar-refractivity contribution is 7.88. The maximum absolute atomic E-state index is 12.3. The average Bonchev–Trinajstić information content (AvgIpc) is 2.77. The number of rotatable bonds is 8. The molecule has 1 aromatic carbocycles. The number of hydrogen-bond donors (Lipinski definition) is 3. The predicted molar refractivity (Wildman–Crippen MR) is 114 cm³/mol. The van der Waals surface area contributed by atoms with Crippen LogP contribution in [0.15, 0.2) is 42.6 Å². The lowest BCUT2D eigenvalue weighted by Crippen LogP contribution is -2.38. The fourth-order valence-corrected chi connectivity index (χ4v) is 4.02. The van der Waals surface area contributed by atoms with Gasteiger partial charge in [-0.25, -0.2) is 22.9 Å². The monoisotopic (exact) mass is 433 g/mol. The molecule has 0 saturated carbocycles. The van der Waals surface area contributed by atoms with Crippen LogP contribution in [0, 0.1) is 0 Å². The maximum Gasteiger partial charge on any atom is 0.315 e. The number of ether oxygens (including phenoxy) is 1. The number of sulfonamides is 1. The number of hydrogen-bond acceptors (Lipinski definition) is 6. The molecular formula is C20H27N5O4S. The summed E-state index contributed by atoms with van der Waals surface area (Å²) in [6.07, 6.45) is 1.74. The Kier molecular flexibility index (Phi) is 7.61. The number of urea groups is 1. The molecule has 2 heterocycles. The van der Waals surface area contributed by atoms with Crippen LogP contribution in [0.3, 0.4) is 0 Å². The Hall–Kier alpha value is -2.69. The van der Waals surface area contributed by atoms with Gasteiger partial charge in [0.05, 0.1) is 19.0 Å². The molecule has 162 valence electrons.